The lowest BCUT2D eigenvalue weighted by Crippen LogP contribution is -2.49. The molecule has 1 saturated heterocycles. The van der Waals surface area contributed by atoms with Gasteiger partial charge in [-0.15, -0.1) is 0 Å². The SMILES string of the molecule is Cc1ccc(Cl)cc1N1CCN(S(=O)(=O)c2cc3[nH]c4c(c3cc2C)C(=O)CCC4)CC1. The summed E-state index contributed by atoms with van der Waals surface area (Å²) in [6.07, 6.45) is 2.20. The van der Waals surface area contributed by atoms with Crippen LogP contribution >= 0.6 is 11.6 Å². The lowest BCUT2D eigenvalue weighted by Gasteiger charge is -2.36. The second kappa shape index (κ2) is 7.90. The van der Waals surface area contributed by atoms with E-state index in [1.54, 1.807) is 10.4 Å². The fraction of sp³-hybridized carbons (Fsp3) is 0.375. The molecule has 1 N–H and O–H groups in total. The number of piperazine rings is 1. The largest absolute Gasteiger partial charge is 0.369 e. The molecule has 0 radical (unpaired) electrons. The van der Waals surface area contributed by atoms with Crippen molar-refractivity contribution in [1.29, 1.82) is 0 Å². The number of carbonyl (C=O) groups is 1. The molecule has 0 spiro atoms. The number of H-pyrrole nitrogens is 1. The number of benzene rings is 2. The van der Waals surface area contributed by atoms with E-state index in [0.717, 1.165) is 46.3 Å². The molecule has 5 rings (SSSR count). The lowest BCUT2D eigenvalue weighted by molar-refractivity contribution is 0.0974. The highest BCUT2D eigenvalue weighted by atomic mass is 35.5. The number of rotatable bonds is 3. The molecule has 3 aromatic rings. The van der Waals surface area contributed by atoms with Crippen molar-refractivity contribution in [3.05, 3.63) is 57.7 Å². The van der Waals surface area contributed by atoms with E-state index in [1.165, 1.54) is 0 Å². The molecule has 0 unspecified atom stereocenters. The van der Waals surface area contributed by atoms with E-state index >= 15 is 0 Å². The minimum absolute atomic E-state index is 0.139. The second-order valence-corrected chi connectivity index (χ2v) is 11.1. The Labute approximate surface area is 193 Å². The van der Waals surface area contributed by atoms with E-state index < -0.39 is 10.0 Å². The maximum Gasteiger partial charge on any atom is 0.243 e. The van der Waals surface area contributed by atoms with E-state index in [2.05, 4.69) is 9.88 Å². The third-order valence-electron chi connectivity index (χ3n) is 6.65. The van der Waals surface area contributed by atoms with Crippen LogP contribution in [-0.4, -0.2) is 49.7 Å². The van der Waals surface area contributed by atoms with E-state index in [0.29, 0.717) is 48.1 Å². The Morgan fingerprint density at radius 1 is 0.969 bits per heavy atom. The number of anilines is 1. The van der Waals surface area contributed by atoms with Gasteiger partial charge in [-0.3, -0.25) is 4.79 Å². The van der Waals surface area contributed by atoms with Crippen LogP contribution in [0.5, 0.6) is 0 Å². The fourth-order valence-electron chi connectivity index (χ4n) is 4.95. The van der Waals surface area contributed by atoms with Gasteiger partial charge < -0.3 is 9.88 Å². The van der Waals surface area contributed by atoms with E-state index in [9.17, 15) is 13.2 Å². The number of sulfonamides is 1. The van der Waals surface area contributed by atoms with E-state index in [4.69, 9.17) is 11.6 Å². The number of Topliss-reactive ketones (excluding diaryl/α,β-unsaturated/α-hetero) is 1. The van der Waals surface area contributed by atoms with Crippen LogP contribution in [0, 0.1) is 13.8 Å². The number of carbonyl (C=O) groups excluding carboxylic acids is 1. The standard InChI is InChI=1S/C24H26ClN3O3S/c1-15-6-7-17(25)13-21(15)27-8-10-28(11-9-27)32(30,31)23-14-20-18(12-16(23)2)24-19(26-20)4-3-5-22(24)29/h6-7,12-14,26H,3-5,8-11H2,1-2H3. The van der Waals surface area contributed by atoms with Gasteiger partial charge in [-0.25, -0.2) is 8.42 Å². The molecule has 0 bridgehead atoms. The first-order valence-electron chi connectivity index (χ1n) is 11.0. The molecule has 168 valence electrons. The Balaban J connectivity index is 1.43. The average molecular weight is 472 g/mol. The number of hydrogen-bond donors (Lipinski definition) is 1. The van der Waals surface area contributed by atoms with Gasteiger partial charge in [0.15, 0.2) is 5.78 Å². The number of nitrogens with one attached hydrogen (secondary N) is 1. The van der Waals surface area contributed by atoms with Crippen molar-refractivity contribution in [2.75, 3.05) is 31.1 Å². The van der Waals surface area contributed by atoms with Crippen molar-refractivity contribution in [2.24, 2.45) is 0 Å². The quantitative estimate of drug-likeness (QED) is 0.611. The molecule has 2 heterocycles. The van der Waals surface area contributed by atoms with Gasteiger partial charge in [0, 0.05) is 65.5 Å². The summed E-state index contributed by atoms with van der Waals surface area (Å²) in [5.74, 6) is 0.139. The Kier molecular flexibility index (Phi) is 5.31. The number of aromatic nitrogens is 1. The summed E-state index contributed by atoms with van der Waals surface area (Å²) in [5, 5.41) is 1.51. The molecule has 1 aliphatic carbocycles. The zero-order valence-electron chi connectivity index (χ0n) is 18.2. The van der Waals surface area contributed by atoms with Crippen LogP contribution in [-0.2, 0) is 16.4 Å². The predicted molar refractivity (Wildman–Crippen MR) is 127 cm³/mol. The second-order valence-electron chi connectivity index (χ2n) is 8.74. The first-order valence-corrected chi connectivity index (χ1v) is 12.8. The number of aryl methyl sites for hydroxylation is 3. The number of nitrogens with zero attached hydrogens (tertiary/aromatic N) is 2. The lowest BCUT2D eigenvalue weighted by atomic mass is 9.94. The Morgan fingerprint density at radius 3 is 2.47 bits per heavy atom. The summed E-state index contributed by atoms with van der Waals surface area (Å²) in [7, 11) is -3.65. The summed E-state index contributed by atoms with van der Waals surface area (Å²) in [4.78, 5) is 18.2. The third kappa shape index (κ3) is 3.52. The molecule has 0 amide bonds. The van der Waals surface area contributed by atoms with Crippen molar-refractivity contribution in [3.63, 3.8) is 0 Å². The van der Waals surface area contributed by atoms with Crippen LogP contribution in [0.2, 0.25) is 5.02 Å². The van der Waals surface area contributed by atoms with Crippen molar-refractivity contribution < 1.29 is 13.2 Å². The molecule has 1 aliphatic heterocycles. The number of ketones is 1. The van der Waals surface area contributed by atoms with Crippen molar-refractivity contribution >= 4 is 44.0 Å². The van der Waals surface area contributed by atoms with Gasteiger partial charge in [-0.1, -0.05) is 17.7 Å². The monoisotopic (exact) mass is 471 g/mol. The van der Waals surface area contributed by atoms with Gasteiger partial charge in [-0.2, -0.15) is 4.31 Å². The molecule has 8 heteroatoms. The molecule has 0 saturated carbocycles. The summed E-state index contributed by atoms with van der Waals surface area (Å²) in [6, 6.07) is 9.35. The van der Waals surface area contributed by atoms with Gasteiger partial charge >= 0.3 is 0 Å². The van der Waals surface area contributed by atoms with Crippen LogP contribution in [0.3, 0.4) is 0 Å². The smallest absolute Gasteiger partial charge is 0.243 e. The topological polar surface area (TPSA) is 73.5 Å². The number of aromatic amines is 1. The zero-order valence-corrected chi connectivity index (χ0v) is 19.8. The highest BCUT2D eigenvalue weighted by Crippen LogP contribution is 2.33. The minimum Gasteiger partial charge on any atom is -0.369 e. The molecule has 1 fully saturated rings. The van der Waals surface area contributed by atoms with Crippen LogP contribution < -0.4 is 4.90 Å². The number of hydrogen-bond acceptors (Lipinski definition) is 4. The minimum atomic E-state index is -3.65. The molecule has 2 aromatic carbocycles. The van der Waals surface area contributed by atoms with Crippen molar-refractivity contribution in [1.82, 2.24) is 9.29 Å². The van der Waals surface area contributed by atoms with Crippen LogP contribution in [0.25, 0.3) is 10.9 Å². The Hall–Kier alpha value is -2.35. The summed E-state index contributed by atoms with van der Waals surface area (Å²) < 4.78 is 28.6. The van der Waals surface area contributed by atoms with E-state index in [-0.39, 0.29) is 5.78 Å². The van der Waals surface area contributed by atoms with Gasteiger partial charge in [0.2, 0.25) is 10.0 Å². The van der Waals surface area contributed by atoms with Crippen LogP contribution in [0.4, 0.5) is 5.69 Å². The Bertz CT molecular complexity index is 1340. The van der Waals surface area contributed by atoms with Crippen molar-refractivity contribution in [3.8, 4) is 0 Å². The summed E-state index contributed by atoms with van der Waals surface area (Å²) >= 11 is 6.17. The maximum atomic E-state index is 13.5. The highest BCUT2D eigenvalue weighted by molar-refractivity contribution is 7.89. The van der Waals surface area contributed by atoms with Gasteiger partial charge in [0.05, 0.1) is 4.90 Å². The third-order valence-corrected chi connectivity index (χ3v) is 8.93. The predicted octanol–water partition coefficient (Wildman–Crippen LogP) is 4.47. The Morgan fingerprint density at radius 2 is 1.72 bits per heavy atom. The first kappa shape index (κ1) is 21.5. The molecular weight excluding hydrogens is 446 g/mol. The summed E-state index contributed by atoms with van der Waals surface area (Å²) in [6.45, 7) is 5.87. The maximum absolute atomic E-state index is 13.5. The van der Waals surface area contributed by atoms with Crippen molar-refractivity contribution in [2.45, 2.75) is 38.0 Å². The zero-order chi connectivity index (χ0) is 22.6. The molecule has 0 atom stereocenters. The van der Waals surface area contributed by atoms with E-state index in [1.807, 2.05) is 38.1 Å². The molecule has 2 aliphatic rings. The number of halogens is 1. The number of fused-ring (bicyclic) bond motifs is 3. The molecular formula is C24H26ClN3O3S. The normalized spacial score (nSPS) is 17.7. The van der Waals surface area contributed by atoms with Gasteiger partial charge in [0.1, 0.15) is 0 Å². The fourth-order valence-corrected chi connectivity index (χ4v) is 6.77. The molecule has 32 heavy (non-hydrogen) atoms. The van der Waals surface area contributed by atoms with Crippen LogP contribution in [0.1, 0.15) is 40.0 Å². The molecule has 1 aromatic heterocycles. The van der Waals surface area contributed by atoms with Gasteiger partial charge in [-0.05, 0) is 62.1 Å². The molecule has 6 nitrogen and oxygen atoms in total. The first-order chi connectivity index (χ1) is 15.3. The highest BCUT2D eigenvalue weighted by Gasteiger charge is 2.31. The summed E-state index contributed by atoms with van der Waals surface area (Å²) in [5.41, 5.74) is 5.24. The average Bonchev–Trinajstić information content (AvgIpc) is 3.13. The van der Waals surface area contributed by atoms with Gasteiger partial charge in [0.25, 0.3) is 0 Å². The van der Waals surface area contributed by atoms with Crippen LogP contribution in [0.15, 0.2) is 35.2 Å².